The molecular weight excluding hydrogens is 192 g/mol. The fourth-order valence-electron chi connectivity index (χ4n) is 1.16. The lowest BCUT2D eigenvalue weighted by molar-refractivity contribution is -0.146. The molecule has 0 radical (unpaired) electrons. The summed E-state index contributed by atoms with van der Waals surface area (Å²) in [6, 6.07) is 9.82. The van der Waals surface area contributed by atoms with Crippen LogP contribution in [0, 0.1) is 0 Å². The van der Waals surface area contributed by atoms with Crippen LogP contribution in [0.2, 0.25) is 0 Å². The van der Waals surface area contributed by atoms with E-state index in [2.05, 4.69) is 0 Å². The lowest BCUT2D eigenvalue weighted by Gasteiger charge is -1.95. The molecule has 0 aliphatic carbocycles. The van der Waals surface area contributed by atoms with E-state index in [1.807, 2.05) is 30.3 Å². The minimum absolute atomic E-state index is 0.670. The highest BCUT2D eigenvalue weighted by atomic mass is 16.4. The Morgan fingerprint density at radius 2 is 1.87 bits per heavy atom. The van der Waals surface area contributed by atoms with E-state index < -0.39 is 11.8 Å². The van der Waals surface area contributed by atoms with Gasteiger partial charge in [-0.15, -0.1) is 0 Å². The maximum Gasteiger partial charge on any atom is 0.376 e. The number of carbonyl (C=O) groups is 2. The number of ketones is 1. The van der Waals surface area contributed by atoms with Gasteiger partial charge in [-0.1, -0.05) is 36.4 Å². The van der Waals surface area contributed by atoms with Crippen molar-refractivity contribution in [2.75, 3.05) is 0 Å². The molecule has 0 aliphatic rings. The molecule has 1 aromatic carbocycles. The van der Waals surface area contributed by atoms with Crippen LogP contribution in [-0.2, 0) is 16.0 Å². The third kappa shape index (κ3) is 4.22. The monoisotopic (exact) mass is 204 g/mol. The average Bonchev–Trinajstić information content (AvgIpc) is 2.25. The second-order valence-electron chi connectivity index (χ2n) is 3.10. The number of aryl methyl sites for hydroxylation is 1. The van der Waals surface area contributed by atoms with Crippen LogP contribution in [0.3, 0.4) is 0 Å². The lowest BCUT2D eigenvalue weighted by atomic mass is 10.1. The summed E-state index contributed by atoms with van der Waals surface area (Å²) in [5.41, 5.74) is 1.17. The molecule has 78 valence electrons. The highest BCUT2D eigenvalue weighted by Gasteiger charge is 2.04. The largest absolute Gasteiger partial charge is 0.475 e. The Morgan fingerprint density at radius 3 is 2.47 bits per heavy atom. The summed E-state index contributed by atoms with van der Waals surface area (Å²) in [4.78, 5) is 20.8. The molecule has 0 unspecified atom stereocenters. The molecule has 0 heterocycles. The van der Waals surface area contributed by atoms with Crippen molar-refractivity contribution in [3.05, 3.63) is 48.0 Å². The van der Waals surface area contributed by atoms with Crippen molar-refractivity contribution in [2.24, 2.45) is 0 Å². The van der Waals surface area contributed by atoms with Gasteiger partial charge in [0.15, 0.2) is 0 Å². The molecule has 0 atom stereocenters. The molecule has 0 spiro atoms. The van der Waals surface area contributed by atoms with Gasteiger partial charge < -0.3 is 5.11 Å². The SMILES string of the molecule is O=C(O)C(=O)C=CCCc1ccccc1. The van der Waals surface area contributed by atoms with Crippen LogP contribution in [0.25, 0.3) is 0 Å². The highest BCUT2D eigenvalue weighted by molar-refractivity contribution is 6.37. The Morgan fingerprint density at radius 1 is 1.20 bits per heavy atom. The van der Waals surface area contributed by atoms with Crippen LogP contribution in [0.1, 0.15) is 12.0 Å². The Kier molecular flexibility index (Phi) is 4.29. The zero-order valence-corrected chi connectivity index (χ0v) is 8.22. The van der Waals surface area contributed by atoms with Crippen molar-refractivity contribution in [2.45, 2.75) is 12.8 Å². The molecule has 3 nitrogen and oxygen atoms in total. The van der Waals surface area contributed by atoms with Crippen LogP contribution < -0.4 is 0 Å². The molecule has 0 aromatic heterocycles. The molecule has 0 aliphatic heterocycles. The first-order valence-electron chi connectivity index (χ1n) is 4.68. The minimum atomic E-state index is -1.41. The normalized spacial score (nSPS) is 10.4. The molecular formula is C12H12O3. The summed E-state index contributed by atoms with van der Waals surface area (Å²) in [7, 11) is 0. The second-order valence-corrected chi connectivity index (χ2v) is 3.10. The maximum absolute atomic E-state index is 10.7. The smallest absolute Gasteiger partial charge is 0.376 e. The fourth-order valence-corrected chi connectivity index (χ4v) is 1.16. The Balaban J connectivity index is 2.34. The number of benzene rings is 1. The van der Waals surface area contributed by atoms with Gasteiger partial charge in [-0.3, -0.25) is 4.79 Å². The minimum Gasteiger partial charge on any atom is -0.475 e. The van der Waals surface area contributed by atoms with E-state index in [-0.39, 0.29) is 0 Å². The van der Waals surface area contributed by atoms with Gasteiger partial charge in [-0.05, 0) is 24.5 Å². The van der Waals surface area contributed by atoms with E-state index in [0.717, 1.165) is 12.5 Å². The third-order valence-electron chi connectivity index (χ3n) is 1.92. The number of aliphatic carboxylic acids is 1. The van der Waals surface area contributed by atoms with E-state index in [9.17, 15) is 9.59 Å². The zero-order valence-electron chi connectivity index (χ0n) is 8.22. The van der Waals surface area contributed by atoms with Gasteiger partial charge in [0, 0.05) is 0 Å². The highest BCUT2D eigenvalue weighted by Crippen LogP contribution is 2.02. The van der Waals surface area contributed by atoms with Crippen LogP contribution in [0.5, 0.6) is 0 Å². The van der Waals surface area contributed by atoms with Gasteiger partial charge in [0.2, 0.25) is 0 Å². The Bertz CT molecular complexity index is 366. The van der Waals surface area contributed by atoms with Crippen LogP contribution in [0.15, 0.2) is 42.5 Å². The quantitative estimate of drug-likeness (QED) is 0.588. The number of rotatable bonds is 5. The van der Waals surface area contributed by atoms with Gasteiger partial charge >= 0.3 is 5.97 Å². The van der Waals surface area contributed by atoms with E-state index >= 15 is 0 Å². The van der Waals surface area contributed by atoms with Gasteiger partial charge in [0.05, 0.1) is 0 Å². The summed E-state index contributed by atoms with van der Waals surface area (Å²) in [6.07, 6.45) is 4.17. The van der Waals surface area contributed by atoms with Gasteiger partial charge in [-0.2, -0.15) is 0 Å². The molecule has 1 aromatic rings. The topological polar surface area (TPSA) is 54.4 Å². The van der Waals surface area contributed by atoms with Crippen molar-refractivity contribution in [1.82, 2.24) is 0 Å². The molecule has 1 rings (SSSR count). The molecule has 15 heavy (non-hydrogen) atoms. The third-order valence-corrected chi connectivity index (χ3v) is 1.92. The maximum atomic E-state index is 10.7. The summed E-state index contributed by atoms with van der Waals surface area (Å²) in [5.74, 6) is -2.28. The fraction of sp³-hybridized carbons (Fsp3) is 0.167. The number of carboxylic acids is 1. The van der Waals surface area contributed by atoms with Crippen LogP contribution in [0.4, 0.5) is 0 Å². The molecule has 0 fully saturated rings. The van der Waals surface area contributed by atoms with Crippen molar-refractivity contribution in [3.8, 4) is 0 Å². The molecule has 0 bridgehead atoms. The van der Waals surface area contributed by atoms with E-state index in [0.29, 0.717) is 6.42 Å². The predicted octanol–water partition coefficient (Wildman–Crippen LogP) is 1.83. The summed E-state index contributed by atoms with van der Waals surface area (Å²) in [6.45, 7) is 0. The van der Waals surface area contributed by atoms with Gasteiger partial charge in [-0.25, -0.2) is 4.79 Å². The molecule has 0 saturated carbocycles. The van der Waals surface area contributed by atoms with E-state index in [1.54, 1.807) is 6.08 Å². The zero-order chi connectivity index (χ0) is 11.1. The number of hydrogen-bond donors (Lipinski definition) is 1. The summed E-state index contributed by atoms with van der Waals surface area (Å²) >= 11 is 0. The van der Waals surface area contributed by atoms with Crippen molar-refractivity contribution < 1.29 is 14.7 Å². The van der Waals surface area contributed by atoms with Crippen molar-refractivity contribution in [1.29, 1.82) is 0 Å². The average molecular weight is 204 g/mol. The van der Waals surface area contributed by atoms with Gasteiger partial charge in [0.25, 0.3) is 5.78 Å². The number of carbonyl (C=O) groups excluding carboxylic acids is 1. The first-order chi connectivity index (χ1) is 7.20. The van der Waals surface area contributed by atoms with Crippen LogP contribution in [-0.4, -0.2) is 16.9 Å². The summed E-state index contributed by atoms with van der Waals surface area (Å²) in [5, 5.41) is 8.30. The first kappa shape index (κ1) is 11.2. The molecule has 3 heteroatoms. The number of hydrogen-bond acceptors (Lipinski definition) is 2. The number of allylic oxidation sites excluding steroid dienone is 1. The van der Waals surface area contributed by atoms with Crippen LogP contribution >= 0.6 is 0 Å². The molecule has 0 amide bonds. The van der Waals surface area contributed by atoms with E-state index in [1.165, 1.54) is 5.56 Å². The standard InChI is InChI=1S/C12H12O3/c13-11(12(14)15)9-5-4-8-10-6-2-1-3-7-10/h1-3,5-7,9H,4,8H2,(H,14,15). The first-order valence-corrected chi connectivity index (χ1v) is 4.68. The molecule has 1 N–H and O–H groups in total. The second kappa shape index (κ2) is 5.75. The van der Waals surface area contributed by atoms with Crippen molar-refractivity contribution >= 4 is 11.8 Å². The molecule has 0 saturated heterocycles. The Hall–Kier alpha value is -1.90. The van der Waals surface area contributed by atoms with Crippen molar-refractivity contribution in [3.63, 3.8) is 0 Å². The summed E-state index contributed by atoms with van der Waals surface area (Å²) < 4.78 is 0. The Labute approximate surface area is 88.0 Å². The number of carboxylic acid groups (broad SMARTS) is 1. The van der Waals surface area contributed by atoms with Gasteiger partial charge in [0.1, 0.15) is 0 Å². The predicted molar refractivity (Wildman–Crippen MR) is 56.5 cm³/mol. The van der Waals surface area contributed by atoms with E-state index in [4.69, 9.17) is 5.11 Å². The lowest BCUT2D eigenvalue weighted by Crippen LogP contribution is -2.08.